The molecule has 1 aromatic rings. The number of methoxy groups -OCH3 is 2. The van der Waals surface area contributed by atoms with Gasteiger partial charge >= 0.3 is 0 Å². The number of aromatic hydroxyl groups is 1. The van der Waals surface area contributed by atoms with Crippen LogP contribution in [0.25, 0.3) is 0 Å². The largest absolute Gasteiger partial charge is 0.508 e. The number of rotatable bonds is 6. The van der Waals surface area contributed by atoms with E-state index in [1.54, 1.807) is 20.3 Å². The molecule has 4 heteroatoms. The predicted octanol–water partition coefficient (Wildman–Crippen LogP) is 1.80. The molecule has 0 aliphatic heterocycles. The van der Waals surface area contributed by atoms with Gasteiger partial charge in [0.05, 0.1) is 6.04 Å². The van der Waals surface area contributed by atoms with Crippen LogP contribution >= 0.6 is 0 Å². The maximum Gasteiger partial charge on any atom is 0.171 e. The summed E-state index contributed by atoms with van der Waals surface area (Å²) in [5, 5.41) is 13.0. The van der Waals surface area contributed by atoms with E-state index in [1.165, 1.54) is 0 Å². The zero-order valence-electron chi connectivity index (χ0n) is 10.9. The summed E-state index contributed by atoms with van der Waals surface area (Å²) < 4.78 is 10.3. The Morgan fingerprint density at radius 2 is 1.94 bits per heavy atom. The minimum Gasteiger partial charge on any atom is -0.508 e. The molecular weight excluding hydrogens is 218 g/mol. The Hall–Kier alpha value is -1.10. The molecule has 17 heavy (non-hydrogen) atoms. The lowest BCUT2D eigenvalue weighted by atomic mass is 10.1. The third kappa shape index (κ3) is 4.00. The molecule has 96 valence electrons. The summed E-state index contributed by atoms with van der Waals surface area (Å²) in [6.45, 7) is 4.56. The Morgan fingerprint density at radius 3 is 2.53 bits per heavy atom. The van der Waals surface area contributed by atoms with Crippen molar-refractivity contribution in [3.05, 3.63) is 29.3 Å². The quantitative estimate of drug-likeness (QED) is 0.743. The molecule has 1 unspecified atom stereocenters. The first kappa shape index (κ1) is 14.0. The highest BCUT2D eigenvalue weighted by atomic mass is 16.7. The SMILES string of the molecule is COC(OC)C(C)NCc1cc(C)ccc1O. The van der Waals surface area contributed by atoms with Crippen molar-refractivity contribution in [3.63, 3.8) is 0 Å². The van der Waals surface area contributed by atoms with E-state index in [0.717, 1.165) is 11.1 Å². The smallest absolute Gasteiger partial charge is 0.171 e. The van der Waals surface area contributed by atoms with E-state index in [4.69, 9.17) is 9.47 Å². The Balaban J connectivity index is 2.57. The van der Waals surface area contributed by atoms with Crippen LogP contribution in [-0.2, 0) is 16.0 Å². The fraction of sp³-hybridized carbons (Fsp3) is 0.538. The molecule has 0 heterocycles. The van der Waals surface area contributed by atoms with Crippen molar-refractivity contribution >= 4 is 0 Å². The fourth-order valence-corrected chi connectivity index (χ4v) is 1.73. The standard InChI is InChI=1S/C13H21NO3/c1-9-5-6-12(15)11(7-9)8-14-10(2)13(16-3)17-4/h5-7,10,13-15H,8H2,1-4H3. The van der Waals surface area contributed by atoms with Gasteiger partial charge in [-0.15, -0.1) is 0 Å². The molecule has 0 aliphatic carbocycles. The van der Waals surface area contributed by atoms with Crippen molar-refractivity contribution in [2.45, 2.75) is 32.7 Å². The molecule has 0 saturated carbocycles. The van der Waals surface area contributed by atoms with Crippen LogP contribution in [0.4, 0.5) is 0 Å². The van der Waals surface area contributed by atoms with Gasteiger partial charge in [0.15, 0.2) is 6.29 Å². The molecule has 0 aromatic heterocycles. The fourth-order valence-electron chi connectivity index (χ4n) is 1.73. The maximum atomic E-state index is 9.70. The second-order valence-corrected chi connectivity index (χ2v) is 4.14. The third-order valence-corrected chi connectivity index (χ3v) is 2.72. The van der Waals surface area contributed by atoms with Gasteiger partial charge in [-0.2, -0.15) is 0 Å². The highest BCUT2D eigenvalue weighted by Crippen LogP contribution is 2.18. The average Bonchev–Trinajstić information content (AvgIpc) is 2.32. The number of aryl methyl sites for hydroxylation is 1. The van der Waals surface area contributed by atoms with Crippen LogP contribution in [0.1, 0.15) is 18.1 Å². The van der Waals surface area contributed by atoms with Crippen molar-refractivity contribution in [2.75, 3.05) is 14.2 Å². The first-order chi connectivity index (χ1) is 8.08. The van der Waals surface area contributed by atoms with Crippen LogP contribution in [0.5, 0.6) is 5.75 Å². The lowest BCUT2D eigenvalue weighted by molar-refractivity contribution is -0.119. The molecule has 2 N–H and O–H groups in total. The Bertz CT molecular complexity index is 351. The Morgan fingerprint density at radius 1 is 1.29 bits per heavy atom. The van der Waals surface area contributed by atoms with Crippen molar-refractivity contribution in [1.82, 2.24) is 5.32 Å². The molecule has 0 saturated heterocycles. The summed E-state index contributed by atoms with van der Waals surface area (Å²) in [5.41, 5.74) is 2.00. The number of phenolic OH excluding ortho intramolecular Hbond substituents is 1. The zero-order chi connectivity index (χ0) is 12.8. The molecule has 0 aliphatic rings. The van der Waals surface area contributed by atoms with E-state index in [0.29, 0.717) is 12.3 Å². The number of phenols is 1. The number of nitrogens with one attached hydrogen (secondary N) is 1. The van der Waals surface area contributed by atoms with E-state index in [1.807, 2.05) is 26.0 Å². The minimum atomic E-state index is -0.290. The van der Waals surface area contributed by atoms with Crippen molar-refractivity contribution < 1.29 is 14.6 Å². The van der Waals surface area contributed by atoms with Gasteiger partial charge in [-0.05, 0) is 19.9 Å². The van der Waals surface area contributed by atoms with Crippen LogP contribution in [0.3, 0.4) is 0 Å². The molecule has 1 aromatic carbocycles. The maximum absolute atomic E-state index is 9.70. The van der Waals surface area contributed by atoms with Crippen LogP contribution in [0.2, 0.25) is 0 Å². The highest BCUT2D eigenvalue weighted by molar-refractivity contribution is 5.35. The van der Waals surface area contributed by atoms with Crippen molar-refractivity contribution in [2.24, 2.45) is 0 Å². The lowest BCUT2D eigenvalue weighted by Crippen LogP contribution is -2.39. The van der Waals surface area contributed by atoms with E-state index < -0.39 is 0 Å². The second kappa shape index (κ2) is 6.59. The molecule has 0 bridgehead atoms. The number of ether oxygens (including phenoxy) is 2. The topological polar surface area (TPSA) is 50.7 Å². The van der Waals surface area contributed by atoms with Gasteiger partial charge in [-0.25, -0.2) is 0 Å². The summed E-state index contributed by atoms with van der Waals surface area (Å²) in [6.07, 6.45) is -0.290. The summed E-state index contributed by atoms with van der Waals surface area (Å²) in [4.78, 5) is 0. The summed E-state index contributed by atoms with van der Waals surface area (Å²) in [6, 6.07) is 5.60. The van der Waals surface area contributed by atoms with Gasteiger partial charge < -0.3 is 19.9 Å². The normalized spacial score (nSPS) is 13.0. The van der Waals surface area contributed by atoms with Gasteiger partial charge in [-0.1, -0.05) is 17.7 Å². The highest BCUT2D eigenvalue weighted by Gasteiger charge is 2.15. The molecule has 1 atom stereocenters. The second-order valence-electron chi connectivity index (χ2n) is 4.14. The first-order valence-corrected chi connectivity index (χ1v) is 5.66. The van der Waals surface area contributed by atoms with Gasteiger partial charge in [0.1, 0.15) is 5.75 Å². The van der Waals surface area contributed by atoms with Crippen LogP contribution in [-0.4, -0.2) is 31.7 Å². The van der Waals surface area contributed by atoms with Gasteiger partial charge in [0, 0.05) is 26.3 Å². The molecule has 0 fully saturated rings. The first-order valence-electron chi connectivity index (χ1n) is 5.66. The van der Waals surface area contributed by atoms with Crippen molar-refractivity contribution in [3.8, 4) is 5.75 Å². The van der Waals surface area contributed by atoms with E-state index in [2.05, 4.69) is 5.32 Å². The Labute approximate surface area is 103 Å². The van der Waals surface area contributed by atoms with Gasteiger partial charge in [0.25, 0.3) is 0 Å². The molecule has 0 radical (unpaired) electrons. The number of benzene rings is 1. The predicted molar refractivity (Wildman–Crippen MR) is 67.0 cm³/mol. The van der Waals surface area contributed by atoms with Crippen LogP contribution in [0, 0.1) is 6.92 Å². The van der Waals surface area contributed by atoms with Gasteiger partial charge in [0.2, 0.25) is 0 Å². The summed E-state index contributed by atoms with van der Waals surface area (Å²) in [7, 11) is 3.22. The van der Waals surface area contributed by atoms with Gasteiger partial charge in [-0.3, -0.25) is 0 Å². The number of hydrogen-bond donors (Lipinski definition) is 2. The third-order valence-electron chi connectivity index (χ3n) is 2.72. The molecule has 0 spiro atoms. The van der Waals surface area contributed by atoms with Crippen molar-refractivity contribution in [1.29, 1.82) is 0 Å². The van der Waals surface area contributed by atoms with Crippen LogP contribution in [0.15, 0.2) is 18.2 Å². The van der Waals surface area contributed by atoms with E-state index in [-0.39, 0.29) is 12.3 Å². The lowest BCUT2D eigenvalue weighted by Gasteiger charge is -2.22. The zero-order valence-corrected chi connectivity index (χ0v) is 10.9. The molecule has 4 nitrogen and oxygen atoms in total. The van der Waals surface area contributed by atoms with Crippen LogP contribution < -0.4 is 5.32 Å². The summed E-state index contributed by atoms with van der Waals surface area (Å²) >= 11 is 0. The summed E-state index contributed by atoms with van der Waals surface area (Å²) in [5.74, 6) is 0.307. The van der Waals surface area contributed by atoms with E-state index >= 15 is 0 Å². The number of hydrogen-bond acceptors (Lipinski definition) is 4. The average molecular weight is 239 g/mol. The Kier molecular flexibility index (Phi) is 5.41. The molecule has 1 rings (SSSR count). The monoisotopic (exact) mass is 239 g/mol. The molecular formula is C13H21NO3. The minimum absolute atomic E-state index is 0.0462. The van der Waals surface area contributed by atoms with E-state index in [9.17, 15) is 5.11 Å². The molecule has 0 amide bonds.